The first kappa shape index (κ1) is 16.1. The number of methoxy groups -OCH3 is 1. The van der Waals surface area contributed by atoms with Gasteiger partial charge in [-0.05, 0) is 17.7 Å². The lowest BCUT2D eigenvalue weighted by Crippen LogP contribution is -2.36. The summed E-state index contributed by atoms with van der Waals surface area (Å²) in [5, 5.41) is 1.71. The molecule has 0 bridgehead atoms. The van der Waals surface area contributed by atoms with Crippen LogP contribution in [0.25, 0.3) is 0 Å². The third kappa shape index (κ3) is 5.79. The minimum absolute atomic E-state index is 0.244. The molecule has 0 unspecified atom stereocenters. The van der Waals surface area contributed by atoms with Gasteiger partial charge in [0.25, 0.3) is 5.91 Å². The van der Waals surface area contributed by atoms with E-state index in [0.717, 1.165) is 5.56 Å². The molecular weight excluding hydrogens is 277 g/mol. The van der Waals surface area contributed by atoms with Crippen LogP contribution in [0.4, 0.5) is 13.2 Å². The van der Waals surface area contributed by atoms with Crippen molar-refractivity contribution in [1.82, 2.24) is 5.32 Å². The van der Waals surface area contributed by atoms with Crippen LogP contribution >= 0.6 is 0 Å². The fourth-order valence-electron chi connectivity index (χ4n) is 1.35. The van der Waals surface area contributed by atoms with Gasteiger partial charge in [-0.15, -0.1) is 0 Å². The first-order valence-corrected chi connectivity index (χ1v) is 5.68. The maximum Gasteiger partial charge on any atom is 0.405 e. The minimum atomic E-state index is -4.45. The number of rotatable bonds is 6. The number of alkyl halides is 3. The first-order valence-electron chi connectivity index (χ1n) is 5.68. The van der Waals surface area contributed by atoms with Gasteiger partial charge < -0.3 is 20.5 Å². The number of carbonyl (C=O) groups excluding carboxylic acids is 1. The maximum atomic E-state index is 11.9. The van der Waals surface area contributed by atoms with Crippen LogP contribution in [0, 0.1) is 0 Å². The molecule has 0 aliphatic heterocycles. The molecule has 20 heavy (non-hydrogen) atoms. The van der Waals surface area contributed by atoms with Crippen LogP contribution in [-0.4, -0.2) is 32.3 Å². The minimum Gasteiger partial charge on any atom is -0.497 e. The summed E-state index contributed by atoms with van der Waals surface area (Å²) in [6.45, 7) is -1.66. The van der Waals surface area contributed by atoms with Crippen molar-refractivity contribution in [2.75, 3.05) is 20.3 Å². The lowest BCUT2D eigenvalue weighted by molar-refractivity contribution is -0.139. The van der Waals surface area contributed by atoms with E-state index in [1.165, 1.54) is 13.2 Å². The number of carbonyl (C=O) groups is 1. The highest BCUT2D eigenvalue weighted by atomic mass is 19.4. The van der Waals surface area contributed by atoms with Crippen LogP contribution in [0.1, 0.15) is 5.56 Å². The molecule has 3 N–H and O–H groups in total. The molecule has 1 amide bonds. The standard InChI is InChI=1S/C12H15F3N2O3/c1-19-9-2-8(5-16)3-10(4-9)20-6-11(18)17-7-12(13,14)15/h2-4H,5-7,16H2,1H3,(H,17,18). The molecule has 5 nitrogen and oxygen atoms in total. The van der Waals surface area contributed by atoms with E-state index in [-0.39, 0.29) is 6.54 Å². The summed E-state index contributed by atoms with van der Waals surface area (Å²) in [7, 11) is 1.45. The Labute approximate surface area is 113 Å². The number of halogens is 3. The summed E-state index contributed by atoms with van der Waals surface area (Å²) >= 11 is 0. The van der Waals surface area contributed by atoms with Gasteiger partial charge in [-0.2, -0.15) is 13.2 Å². The highest BCUT2D eigenvalue weighted by Gasteiger charge is 2.27. The molecular formula is C12H15F3N2O3. The molecule has 8 heteroatoms. The zero-order valence-electron chi connectivity index (χ0n) is 10.8. The zero-order chi connectivity index (χ0) is 15.2. The SMILES string of the molecule is COc1cc(CN)cc(OCC(=O)NCC(F)(F)F)c1. The molecule has 1 aromatic rings. The highest BCUT2D eigenvalue weighted by Crippen LogP contribution is 2.22. The average Bonchev–Trinajstić information content (AvgIpc) is 2.41. The van der Waals surface area contributed by atoms with Crippen molar-refractivity contribution in [2.24, 2.45) is 5.73 Å². The largest absolute Gasteiger partial charge is 0.497 e. The molecule has 1 rings (SSSR count). The summed E-state index contributed by atoms with van der Waals surface area (Å²) in [5.41, 5.74) is 6.20. The lowest BCUT2D eigenvalue weighted by atomic mass is 10.2. The van der Waals surface area contributed by atoms with Gasteiger partial charge in [0.2, 0.25) is 0 Å². The van der Waals surface area contributed by atoms with E-state index in [4.69, 9.17) is 15.2 Å². The van der Waals surface area contributed by atoms with Crippen LogP contribution in [0.15, 0.2) is 18.2 Å². The van der Waals surface area contributed by atoms with E-state index in [2.05, 4.69) is 0 Å². The Balaban J connectivity index is 2.54. The van der Waals surface area contributed by atoms with E-state index < -0.39 is 25.2 Å². The van der Waals surface area contributed by atoms with E-state index in [9.17, 15) is 18.0 Å². The second-order valence-electron chi connectivity index (χ2n) is 3.90. The summed E-state index contributed by atoms with van der Waals surface area (Å²) in [6, 6.07) is 4.78. The second kappa shape index (κ2) is 6.99. The smallest absolute Gasteiger partial charge is 0.405 e. The van der Waals surface area contributed by atoms with Crippen molar-refractivity contribution in [3.8, 4) is 11.5 Å². The molecule has 0 aliphatic rings. The van der Waals surface area contributed by atoms with E-state index in [0.29, 0.717) is 11.5 Å². The van der Waals surface area contributed by atoms with Gasteiger partial charge in [0.05, 0.1) is 7.11 Å². The molecule has 0 aromatic heterocycles. The first-order chi connectivity index (χ1) is 9.34. The summed E-state index contributed by atoms with van der Waals surface area (Å²) in [6.07, 6.45) is -4.45. The van der Waals surface area contributed by atoms with Crippen molar-refractivity contribution < 1.29 is 27.4 Å². The molecule has 0 atom stereocenters. The fourth-order valence-corrected chi connectivity index (χ4v) is 1.35. The Bertz CT molecular complexity index is 442. The third-order valence-electron chi connectivity index (χ3n) is 2.27. The number of benzene rings is 1. The summed E-state index contributed by atoms with van der Waals surface area (Å²) in [4.78, 5) is 11.2. The quantitative estimate of drug-likeness (QED) is 0.826. The Morgan fingerprint density at radius 1 is 1.30 bits per heavy atom. The fraction of sp³-hybridized carbons (Fsp3) is 0.417. The van der Waals surface area contributed by atoms with Crippen LogP contribution in [0.2, 0.25) is 0 Å². The second-order valence-corrected chi connectivity index (χ2v) is 3.90. The average molecular weight is 292 g/mol. The molecule has 0 radical (unpaired) electrons. The number of hydrogen-bond acceptors (Lipinski definition) is 4. The lowest BCUT2D eigenvalue weighted by Gasteiger charge is -2.11. The van der Waals surface area contributed by atoms with Crippen LogP contribution in [0.3, 0.4) is 0 Å². The number of ether oxygens (including phenoxy) is 2. The van der Waals surface area contributed by atoms with Crippen LogP contribution in [0.5, 0.6) is 11.5 Å². The molecule has 0 spiro atoms. The van der Waals surface area contributed by atoms with Gasteiger partial charge in [0, 0.05) is 12.6 Å². The Kier molecular flexibility index (Phi) is 5.63. The van der Waals surface area contributed by atoms with Crippen LogP contribution in [-0.2, 0) is 11.3 Å². The van der Waals surface area contributed by atoms with Gasteiger partial charge in [-0.3, -0.25) is 4.79 Å². The van der Waals surface area contributed by atoms with Gasteiger partial charge in [0.1, 0.15) is 18.0 Å². The van der Waals surface area contributed by atoms with E-state index in [1.807, 2.05) is 0 Å². The van der Waals surface area contributed by atoms with Crippen LogP contribution < -0.4 is 20.5 Å². The summed E-state index contributed by atoms with van der Waals surface area (Å²) < 4.78 is 45.8. The van der Waals surface area contributed by atoms with Crippen molar-refractivity contribution >= 4 is 5.91 Å². The molecule has 0 saturated carbocycles. The third-order valence-corrected chi connectivity index (χ3v) is 2.27. The van der Waals surface area contributed by atoms with E-state index >= 15 is 0 Å². The van der Waals surface area contributed by atoms with Gasteiger partial charge in [-0.25, -0.2) is 0 Å². The topological polar surface area (TPSA) is 73.6 Å². The Morgan fingerprint density at radius 3 is 2.50 bits per heavy atom. The summed E-state index contributed by atoms with van der Waals surface area (Å²) in [5.74, 6) is -0.0787. The number of hydrogen-bond donors (Lipinski definition) is 2. The number of amides is 1. The predicted octanol–water partition coefficient (Wildman–Crippen LogP) is 1.21. The van der Waals surface area contributed by atoms with Gasteiger partial charge >= 0.3 is 6.18 Å². The van der Waals surface area contributed by atoms with E-state index in [1.54, 1.807) is 17.4 Å². The number of nitrogens with one attached hydrogen (secondary N) is 1. The number of nitrogens with two attached hydrogens (primary N) is 1. The Morgan fingerprint density at radius 2 is 1.95 bits per heavy atom. The predicted molar refractivity (Wildman–Crippen MR) is 65.4 cm³/mol. The van der Waals surface area contributed by atoms with Crippen molar-refractivity contribution in [1.29, 1.82) is 0 Å². The Hall–Kier alpha value is -1.96. The molecule has 112 valence electrons. The highest BCUT2D eigenvalue weighted by molar-refractivity contribution is 5.77. The zero-order valence-corrected chi connectivity index (χ0v) is 10.8. The maximum absolute atomic E-state index is 11.9. The monoisotopic (exact) mass is 292 g/mol. The van der Waals surface area contributed by atoms with Crippen molar-refractivity contribution in [2.45, 2.75) is 12.7 Å². The molecule has 1 aromatic carbocycles. The van der Waals surface area contributed by atoms with Crippen molar-refractivity contribution in [3.63, 3.8) is 0 Å². The normalized spacial score (nSPS) is 11.1. The van der Waals surface area contributed by atoms with Crippen molar-refractivity contribution in [3.05, 3.63) is 23.8 Å². The molecule has 0 fully saturated rings. The van der Waals surface area contributed by atoms with Gasteiger partial charge in [-0.1, -0.05) is 0 Å². The molecule has 0 saturated heterocycles. The van der Waals surface area contributed by atoms with Gasteiger partial charge in [0.15, 0.2) is 6.61 Å². The molecule has 0 aliphatic carbocycles. The molecule has 0 heterocycles.